The highest BCUT2D eigenvalue weighted by atomic mass is 35.5. The van der Waals surface area contributed by atoms with Crippen LogP contribution in [-0.4, -0.2) is 31.2 Å². The van der Waals surface area contributed by atoms with Crippen LogP contribution in [-0.2, 0) is 21.4 Å². The summed E-state index contributed by atoms with van der Waals surface area (Å²) >= 11 is 5.93. The van der Waals surface area contributed by atoms with Gasteiger partial charge in [0.15, 0.2) is 0 Å². The minimum atomic E-state index is -3.86. The summed E-state index contributed by atoms with van der Waals surface area (Å²) in [6.07, 6.45) is 7.74. The third-order valence-electron chi connectivity index (χ3n) is 5.68. The fraction of sp³-hybridized carbons (Fsp3) is 0.458. The molecule has 0 unspecified atom stereocenters. The van der Waals surface area contributed by atoms with Crippen LogP contribution in [0, 0.1) is 6.92 Å². The summed E-state index contributed by atoms with van der Waals surface area (Å²) in [5.74, 6) is -0.254. The molecule has 31 heavy (non-hydrogen) atoms. The summed E-state index contributed by atoms with van der Waals surface area (Å²) in [7, 11) is -3.86. The van der Waals surface area contributed by atoms with Gasteiger partial charge in [0.05, 0.1) is 11.4 Å². The number of carbonyl (C=O) groups excluding carboxylic acids is 1. The van der Waals surface area contributed by atoms with Crippen molar-refractivity contribution < 1.29 is 13.2 Å². The Balaban J connectivity index is 1.79. The summed E-state index contributed by atoms with van der Waals surface area (Å²) in [5, 5.41) is 3.54. The summed E-state index contributed by atoms with van der Waals surface area (Å²) in [6, 6.07) is 13.9. The number of hydrogen-bond acceptors (Lipinski definition) is 3. The van der Waals surface area contributed by atoms with E-state index >= 15 is 0 Å². The molecule has 5 nitrogen and oxygen atoms in total. The first kappa shape index (κ1) is 23.8. The van der Waals surface area contributed by atoms with Crippen molar-refractivity contribution in [1.82, 2.24) is 9.62 Å². The van der Waals surface area contributed by atoms with Crippen LogP contribution in [0.1, 0.15) is 56.1 Å². The van der Waals surface area contributed by atoms with Crippen LogP contribution in [0.5, 0.6) is 0 Å². The minimum absolute atomic E-state index is 0.117. The maximum Gasteiger partial charge on any atom is 0.243 e. The standard InChI is InChI=1S/C24H31ClN2O3S/c1-19-8-7-9-20(16-19)17-27(31(29,30)23-14-12-21(25)13-15-23)18-24(28)26-22-10-5-3-2-4-6-11-22/h7-9,12-16,22H,2-6,10-11,17-18H2,1H3,(H,26,28). The van der Waals surface area contributed by atoms with Gasteiger partial charge in [-0.2, -0.15) is 4.31 Å². The van der Waals surface area contributed by atoms with E-state index in [4.69, 9.17) is 11.6 Å². The summed E-state index contributed by atoms with van der Waals surface area (Å²) in [4.78, 5) is 13.0. The molecule has 2 aromatic carbocycles. The van der Waals surface area contributed by atoms with Crippen LogP contribution in [0.25, 0.3) is 0 Å². The van der Waals surface area contributed by atoms with Gasteiger partial charge in [0.25, 0.3) is 0 Å². The van der Waals surface area contributed by atoms with Crippen LogP contribution in [0.4, 0.5) is 0 Å². The highest BCUT2D eigenvalue weighted by molar-refractivity contribution is 7.89. The fourth-order valence-electron chi connectivity index (χ4n) is 4.03. The molecule has 7 heteroatoms. The van der Waals surface area contributed by atoms with Crippen molar-refractivity contribution in [3.63, 3.8) is 0 Å². The predicted octanol–water partition coefficient (Wildman–Crippen LogP) is 5.07. The van der Waals surface area contributed by atoms with Gasteiger partial charge >= 0.3 is 0 Å². The van der Waals surface area contributed by atoms with Crippen molar-refractivity contribution in [3.05, 3.63) is 64.7 Å². The van der Waals surface area contributed by atoms with Crippen molar-refractivity contribution in [1.29, 1.82) is 0 Å². The monoisotopic (exact) mass is 462 g/mol. The van der Waals surface area contributed by atoms with E-state index in [2.05, 4.69) is 5.32 Å². The Morgan fingerprint density at radius 3 is 2.32 bits per heavy atom. The molecule has 1 aliphatic rings. The minimum Gasteiger partial charge on any atom is -0.352 e. The number of halogens is 1. The lowest BCUT2D eigenvalue weighted by atomic mass is 9.97. The van der Waals surface area contributed by atoms with Gasteiger partial charge in [-0.3, -0.25) is 4.79 Å². The molecule has 0 spiro atoms. The number of amides is 1. The molecular weight excluding hydrogens is 432 g/mol. The maximum absolute atomic E-state index is 13.4. The van der Waals surface area contributed by atoms with E-state index in [1.54, 1.807) is 12.1 Å². The molecule has 1 fully saturated rings. The average Bonchev–Trinajstić information content (AvgIpc) is 2.70. The van der Waals surface area contributed by atoms with E-state index in [1.165, 1.54) is 35.7 Å². The third-order valence-corrected chi connectivity index (χ3v) is 7.74. The fourth-order valence-corrected chi connectivity index (χ4v) is 5.54. The maximum atomic E-state index is 13.4. The van der Waals surface area contributed by atoms with E-state index in [1.807, 2.05) is 31.2 Å². The largest absolute Gasteiger partial charge is 0.352 e. The SMILES string of the molecule is Cc1cccc(CN(CC(=O)NC2CCCCCCC2)S(=O)(=O)c2ccc(Cl)cc2)c1. The van der Waals surface area contributed by atoms with E-state index in [9.17, 15) is 13.2 Å². The second-order valence-electron chi connectivity index (χ2n) is 8.33. The Morgan fingerprint density at radius 1 is 1.03 bits per heavy atom. The van der Waals surface area contributed by atoms with Crippen LogP contribution >= 0.6 is 11.6 Å². The van der Waals surface area contributed by atoms with Crippen molar-refractivity contribution in [2.75, 3.05) is 6.54 Å². The smallest absolute Gasteiger partial charge is 0.243 e. The molecule has 2 aromatic rings. The van der Waals surface area contributed by atoms with E-state index < -0.39 is 10.0 Å². The number of sulfonamides is 1. The molecule has 0 heterocycles. The van der Waals surface area contributed by atoms with Gasteiger partial charge in [0.1, 0.15) is 0 Å². The number of carbonyl (C=O) groups is 1. The molecule has 0 atom stereocenters. The molecule has 0 bridgehead atoms. The van der Waals surface area contributed by atoms with E-state index in [-0.39, 0.29) is 29.9 Å². The van der Waals surface area contributed by atoms with E-state index in [0.717, 1.165) is 36.8 Å². The number of nitrogens with zero attached hydrogens (tertiary/aromatic N) is 1. The number of rotatable bonds is 7. The van der Waals surface area contributed by atoms with Gasteiger partial charge in [-0.1, -0.05) is 73.5 Å². The molecule has 1 saturated carbocycles. The van der Waals surface area contributed by atoms with Crippen molar-refractivity contribution in [2.45, 2.75) is 69.4 Å². The van der Waals surface area contributed by atoms with Crippen LogP contribution in [0.2, 0.25) is 5.02 Å². The molecule has 0 aliphatic heterocycles. The van der Waals surface area contributed by atoms with E-state index in [0.29, 0.717) is 5.02 Å². The lowest BCUT2D eigenvalue weighted by Gasteiger charge is -2.25. The number of hydrogen-bond donors (Lipinski definition) is 1. The molecule has 1 amide bonds. The molecule has 1 aliphatic carbocycles. The van der Waals surface area contributed by atoms with Gasteiger partial charge in [0, 0.05) is 17.6 Å². The number of nitrogens with one attached hydrogen (secondary N) is 1. The molecule has 168 valence electrons. The Hall–Kier alpha value is -1.89. The van der Waals surface area contributed by atoms with Gasteiger partial charge in [-0.15, -0.1) is 0 Å². The summed E-state index contributed by atoms with van der Waals surface area (Å²) in [6.45, 7) is 1.88. The highest BCUT2D eigenvalue weighted by Crippen LogP contribution is 2.21. The number of aryl methyl sites for hydroxylation is 1. The van der Waals surface area contributed by atoms with Crippen LogP contribution < -0.4 is 5.32 Å². The van der Waals surface area contributed by atoms with Crippen LogP contribution in [0.15, 0.2) is 53.4 Å². The number of benzene rings is 2. The van der Waals surface area contributed by atoms with Crippen molar-refractivity contribution in [3.8, 4) is 0 Å². The zero-order valence-corrected chi connectivity index (χ0v) is 19.6. The first-order valence-corrected chi connectivity index (χ1v) is 12.8. The zero-order valence-electron chi connectivity index (χ0n) is 18.0. The molecule has 3 rings (SSSR count). The molecular formula is C24H31ClN2O3S. The molecule has 1 N–H and O–H groups in total. The molecule has 0 saturated heterocycles. The normalized spacial score (nSPS) is 16.0. The Bertz CT molecular complexity index is 969. The summed E-state index contributed by atoms with van der Waals surface area (Å²) in [5.41, 5.74) is 1.89. The first-order chi connectivity index (χ1) is 14.8. The van der Waals surface area contributed by atoms with Crippen LogP contribution in [0.3, 0.4) is 0 Å². The van der Waals surface area contributed by atoms with Crippen molar-refractivity contribution >= 4 is 27.5 Å². The second kappa shape index (κ2) is 11.1. The predicted molar refractivity (Wildman–Crippen MR) is 124 cm³/mol. The van der Waals surface area contributed by atoms with Gasteiger partial charge < -0.3 is 5.32 Å². The van der Waals surface area contributed by atoms with Gasteiger partial charge in [-0.05, 0) is 49.6 Å². The average molecular weight is 463 g/mol. The molecule has 0 aromatic heterocycles. The van der Waals surface area contributed by atoms with Gasteiger partial charge in [0.2, 0.25) is 15.9 Å². The lowest BCUT2D eigenvalue weighted by Crippen LogP contribution is -2.44. The Kier molecular flexibility index (Phi) is 8.52. The first-order valence-electron chi connectivity index (χ1n) is 11.0. The zero-order chi connectivity index (χ0) is 22.3. The quantitative estimate of drug-likeness (QED) is 0.624. The Labute approximate surface area is 190 Å². The van der Waals surface area contributed by atoms with Gasteiger partial charge in [-0.25, -0.2) is 8.42 Å². The second-order valence-corrected chi connectivity index (χ2v) is 10.7. The molecule has 0 radical (unpaired) electrons. The van der Waals surface area contributed by atoms with Crippen molar-refractivity contribution in [2.24, 2.45) is 0 Å². The topological polar surface area (TPSA) is 66.5 Å². The lowest BCUT2D eigenvalue weighted by molar-refractivity contribution is -0.122. The highest BCUT2D eigenvalue weighted by Gasteiger charge is 2.28. The Morgan fingerprint density at radius 2 is 1.68 bits per heavy atom. The summed E-state index contributed by atoms with van der Waals surface area (Å²) < 4.78 is 28.0. The third kappa shape index (κ3) is 7.06.